The van der Waals surface area contributed by atoms with Gasteiger partial charge in [0.2, 0.25) is 0 Å². The second-order valence-electron chi connectivity index (χ2n) is 7.69. The van der Waals surface area contributed by atoms with Crippen LogP contribution in [0.2, 0.25) is 0 Å². The highest BCUT2D eigenvalue weighted by Crippen LogP contribution is 2.35. The molecule has 1 aromatic heterocycles. The number of aromatic nitrogens is 2. The number of hydrogen-bond donors (Lipinski definition) is 1. The van der Waals surface area contributed by atoms with E-state index in [0.29, 0.717) is 19.4 Å². The quantitative estimate of drug-likeness (QED) is 0.727. The zero-order chi connectivity index (χ0) is 20.1. The molecule has 0 radical (unpaired) electrons. The third-order valence-electron chi connectivity index (χ3n) is 5.55. The molecule has 0 saturated carbocycles. The fourth-order valence-electron chi connectivity index (χ4n) is 3.96. The zero-order valence-corrected chi connectivity index (χ0v) is 16.9. The van der Waals surface area contributed by atoms with Crippen LogP contribution in [0, 0.1) is 0 Å². The SMILES string of the molecule is COC(=O)CCn1cc(CN2CC[C@](O)(c3ccccc3)[C@H](N(C)C)C2)cn1. The van der Waals surface area contributed by atoms with E-state index in [1.165, 1.54) is 7.11 Å². The number of carbonyl (C=O) groups excluding carboxylic acids is 1. The highest BCUT2D eigenvalue weighted by atomic mass is 16.5. The number of likely N-dealkylation sites (tertiary alicyclic amines) is 1. The first kappa shape index (κ1) is 20.5. The fourth-order valence-corrected chi connectivity index (χ4v) is 3.96. The summed E-state index contributed by atoms with van der Waals surface area (Å²) in [5, 5.41) is 15.8. The number of nitrogens with zero attached hydrogens (tertiary/aromatic N) is 4. The lowest BCUT2D eigenvalue weighted by atomic mass is 9.80. The van der Waals surface area contributed by atoms with Crippen LogP contribution in [0.5, 0.6) is 0 Å². The average Bonchev–Trinajstić information content (AvgIpc) is 3.15. The first-order valence-electron chi connectivity index (χ1n) is 9.67. The molecule has 1 aliphatic heterocycles. The van der Waals surface area contributed by atoms with Crippen LogP contribution in [0.4, 0.5) is 0 Å². The normalized spacial score (nSPS) is 23.1. The number of piperidine rings is 1. The smallest absolute Gasteiger partial charge is 0.307 e. The molecular weight excluding hydrogens is 356 g/mol. The number of aliphatic hydroxyl groups is 1. The van der Waals surface area contributed by atoms with Gasteiger partial charge in [0.1, 0.15) is 5.60 Å². The standard InChI is InChI=1S/C21H30N4O3/c1-23(2)19-16-24(12-10-21(19,27)18-7-5-4-6-8-18)14-17-13-22-25(15-17)11-9-20(26)28-3/h4-8,13,15,19,27H,9-12,14,16H2,1-3H3/t19-,21+/m1/s1. The molecule has 0 bridgehead atoms. The molecule has 7 nitrogen and oxygen atoms in total. The summed E-state index contributed by atoms with van der Waals surface area (Å²) in [6, 6.07) is 9.96. The van der Waals surface area contributed by atoms with Gasteiger partial charge in [-0.05, 0) is 26.1 Å². The molecule has 2 atom stereocenters. The number of aryl methyl sites for hydroxylation is 1. The number of ether oxygens (including phenoxy) is 1. The number of carbonyl (C=O) groups is 1. The van der Waals surface area contributed by atoms with E-state index in [2.05, 4.69) is 19.6 Å². The Hall–Kier alpha value is -2.22. The summed E-state index contributed by atoms with van der Waals surface area (Å²) < 4.78 is 6.45. The molecule has 28 heavy (non-hydrogen) atoms. The van der Waals surface area contributed by atoms with Crippen LogP contribution in [-0.4, -0.2) is 71.0 Å². The highest BCUT2D eigenvalue weighted by Gasteiger charge is 2.43. The molecule has 1 N–H and O–H groups in total. The Morgan fingerprint density at radius 2 is 2.11 bits per heavy atom. The van der Waals surface area contributed by atoms with E-state index in [4.69, 9.17) is 0 Å². The summed E-state index contributed by atoms with van der Waals surface area (Å²) in [5.41, 5.74) is 1.22. The van der Waals surface area contributed by atoms with Crippen LogP contribution in [0.3, 0.4) is 0 Å². The Morgan fingerprint density at radius 3 is 2.79 bits per heavy atom. The van der Waals surface area contributed by atoms with E-state index in [9.17, 15) is 9.90 Å². The van der Waals surface area contributed by atoms with Crippen LogP contribution in [-0.2, 0) is 28.2 Å². The number of benzene rings is 1. The van der Waals surface area contributed by atoms with Crippen molar-refractivity contribution in [3.63, 3.8) is 0 Å². The van der Waals surface area contributed by atoms with Gasteiger partial charge in [0.05, 0.1) is 32.3 Å². The lowest BCUT2D eigenvalue weighted by Gasteiger charge is -2.47. The van der Waals surface area contributed by atoms with Crippen LogP contribution in [0.25, 0.3) is 0 Å². The van der Waals surface area contributed by atoms with Gasteiger partial charge in [-0.2, -0.15) is 5.10 Å². The zero-order valence-electron chi connectivity index (χ0n) is 16.9. The molecule has 2 aromatic rings. The van der Waals surface area contributed by atoms with Crippen molar-refractivity contribution in [3.05, 3.63) is 53.9 Å². The molecule has 1 aliphatic rings. The predicted octanol–water partition coefficient (Wildman–Crippen LogP) is 1.47. The topological polar surface area (TPSA) is 70.8 Å². The molecule has 0 spiro atoms. The molecule has 0 amide bonds. The van der Waals surface area contributed by atoms with Gasteiger partial charge in [-0.3, -0.25) is 14.4 Å². The van der Waals surface area contributed by atoms with Crippen molar-refractivity contribution in [1.29, 1.82) is 0 Å². The molecule has 2 heterocycles. The summed E-state index contributed by atoms with van der Waals surface area (Å²) in [5.74, 6) is -0.234. The minimum atomic E-state index is -0.855. The van der Waals surface area contributed by atoms with E-state index >= 15 is 0 Å². The summed E-state index contributed by atoms with van der Waals surface area (Å²) >= 11 is 0. The Kier molecular flexibility index (Phi) is 6.49. The minimum Gasteiger partial charge on any atom is -0.469 e. The molecule has 1 aromatic carbocycles. The number of methoxy groups -OCH3 is 1. The summed E-state index contributed by atoms with van der Waals surface area (Å²) in [4.78, 5) is 15.7. The fraction of sp³-hybridized carbons (Fsp3) is 0.524. The van der Waals surface area contributed by atoms with Gasteiger partial charge in [-0.1, -0.05) is 30.3 Å². The van der Waals surface area contributed by atoms with Gasteiger partial charge in [0.15, 0.2) is 0 Å². The molecule has 1 fully saturated rings. The Bertz CT molecular complexity index is 777. The third-order valence-corrected chi connectivity index (χ3v) is 5.55. The summed E-state index contributed by atoms with van der Waals surface area (Å²) in [6.45, 7) is 2.86. The maximum atomic E-state index is 11.5. The monoisotopic (exact) mass is 386 g/mol. The lowest BCUT2D eigenvalue weighted by Crippen LogP contribution is -2.58. The van der Waals surface area contributed by atoms with Crippen LogP contribution < -0.4 is 0 Å². The van der Waals surface area contributed by atoms with Crippen molar-refractivity contribution >= 4 is 5.97 Å². The van der Waals surface area contributed by atoms with Crippen LogP contribution >= 0.6 is 0 Å². The largest absolute Gasteiger partial charge is 0.469 e. The number of esters is 1. The van der Waals surface area contributed by atoms with Crippen molar-refractivity contribution < 1.29 is 14.6 Å². The first-order valence-corrected chi connectivity index (χ1v) is 9.67. The summed E-state index contributed by atoms with van der Waals surface area (Å²) in [6.07, 6.45) is 4.82. The number of likely N-dealkylation sites (N-methyl/N-ethyl adjacent to an activating group) is 1. The second kappa shape index (κ2) is 8.86. The summed E-state index contributed by atoms with van der Waals surface area (Å²) in [7, 11) is 5.44. The van der Waals surface area contributed by atoms with Gasteiger partial charge in [-0.25, -0.2) is 0 Å². The molecule has 0 unspecified atom stereocenters. The molecular formula is C21H30N4O3. The van der Waals surface area contributed by atoms with E-state index in [1.807, 2.05) is 56.8 Å². The molecule has 1 saturated heterocycles. The Morgan fingerprint density at radius 1 is 1.36 bits per heavy atom. The van der Waals surface area contributed by atoms with Crippen molar-refractivity contribution in [2.24, 2.45) is 0 Å². The van der Waals surface area contributed by atoms with E-state index in [1.54, 1.807) is 4.68 Å². The molecule has 152 valence electrons. The van der Waals surface area contributed by atoms with Gasteiger partial charge in [0.25, 0.3) is 0 Å². The van der Waals surface area contributed by atoms with Crippen LogP contribution in [0.1, 0.15) is 24.0 Å². The average molecular weight is 386 g/mol. The maximum absolute atomic E-state index is 11.5. The molecule has 0 aliphatic carbocycles. The number of hydrogen-bond acceptors (Lipinski definition) is 6. The van der Waals surface area contributed by atoms with Gasteiger partial charge >= 0.3 is 5.97 Å². The Labute approximate surface area is 166 Å². The molecule has 7 heteroatoms. The van der Waals surface area contributed by atoms with Crippen molar-refractivity contribution in [3.8, 4) is 0 Å². The third kappa shape index (κ3) is 4.60. The second-order valence-corrected chi connectivity index (χ2v) is 7.69. The van der Waals surface area contributed by atoms with Gasteiger partial charge < -0.3 is 14.7 Å². The maximum Gasteiger partial charge on any atom is 0.307 e. The van der Waals surface area contributed by atoms with E-state index in [-0.39, 0.29) is 12.0 Å². The molecule has 3 rings (SSSR count). The van der Waals surface area contributed by atoms with Gasteiger partial charge in [0, 0.05) is 31.4 Å². The number of rotatable bonds is 7. The van der Waals surface area contributed by atoms with Crippen molar-refractivity contribution in [2.45, 2.75) is 37.6 Å². The Balaban J connectivity index is 1.65. The van der Waals surface area contributed by atoms with E-state index in [0.717, 1.165) is 30.8 Å². The van der Waals surface area contributed by atoms with Crippen molar-refractivity contribution in [2.75, 3.05) is 34.3 Å². The van der Waals surface area contributed by atoms with Crippen LogP contribution in [0.15, 0.2) is 42.7 Å². The highest BCUT2D eigenvalue weighted by molar-refractivity contribution is 5.68. The minimum absolute atomic E-state index is 0.00183. The van der Waals surface area contributed by atoms with Crippen molar-refractivity contribution in [1.82, 2.24) is 19.6 Å². The first-order chi connectivity index (χ1) is 13.4. The van der Waals surface area contributed by atoms with E-state index < -0.39 is 5.60 Å². The predicted molar refractivity (Wildman–Crippen MR) is 107 cm³/mol. The lowest BCUT2D eigenvalue weighted by molar-refractivity contribution is -0.140. The van der Waals surface area contributed by atoms with Gasteiger partial charge in [-0.15, -0.1) is 0 Å².